The van der Waals surface area contributed by atoms with Gasteiger partial charge >= 0.3 is 5.97 Å². The molecular formula is C25H30F2N4O9. The predicted molar refractivity (Wildman–Crippen MR) is 134 cm³/mol. The molecule has 1 aliphatic rings. The minimum atomic E-state index is -3.15. The first-order chi connectivity index (χ1) is 19.0. The number of benzene rings is 1. The largest absolute Gasteiger partial charge is 0.479 e. The number of alkyl halides is 2. The highest BCUT2D eigenvalue weighted by atomic mass is 19.3. The number of halogens is 2. The zero-order chi connectivity index (χ0) is 29.8. The fourth-order valence-corrected chi connectivity index (χ4v) is 3.93. The van der Waals surface area contributed by atoms with Gasteiger partial charge in [0, 0.05) is 36.4 Å². The second-order valence-electron chi connectivity index (χ2n) is 9.01. The Hall–Kier alpha value is -3.80. The molecule has 1 amide bonds. The van der Waals surface area contributed by atoms with Gasteiger partial charge in [-0.2, -0.15) is 0 Å². The van der Waals surface area contributed by atoms with Crippen molar-refractivity contribution in [3.05, 3.63) is 34.2 Å². The van der Waals surface area contributed by atoms with Crippen LogP contribution in [0.25, 0.3) is 10.4 Å². The van der Waals surface area contributed by atoms with Gasteiger partial charge in [-0.1, -0.05) is 11.5 Å². The number of carbonyl (C=O) groups is 3. The number of nitrogens with zero attached hydrogens (tertiary/aromatic N) is 3. The average molecular weight is 569 g/mol. The molecule has 1 aliphatic heterocycles. The van der Waals surface area contributed by atoms with E-state index in [9.17, 15) is 38.5 Å². The third-order valence-electron chi connectivity index (χ3n) is 6.05. The van der Waals surface area contributed by atoms with Gasteiger partial charge in [-0.3, -0.25) is 9.59 Å². The van der Waals surface area contributed by atoms with E-state index in [4.69, 9.17) is 26.5 Å². The third kappa shape index (κ3) is 9.15. The zero-order valence-electron chi connectivity index (χ0n) is 21.2. The van der Waals surface area contributed by atoms with E-state index < -0.39 is 66.2 Å². The van der Waals surface area contributed by atoms with Crippen LogP contribution in [0.15, 0.2) is 23.3 Å². The SMILES string of the molecule is C#CCC(CC(=O)CCCCCN=[N+]=[N-])C(=O)Nc1ccc(O[C@H]2O[C@@H](C(=O)O)[C@H](O)[C@@H](O)[C@@H]2O)c(C(F)F)c1. The number of amides is 1. The number of nitrogens with one attached hydrogen (secondary N) is 1. The number of carboxylic acid groups (broad SMARTS) is 1. The maximum Gasteiger partial charge on any atom is 0.335 e. The fraction of sp³-hybridized carbons (Fsp3) is 0.560. The highest BCUT2D eigenvalue weighted by Crippen LogP contribution is 2.34. The number of aliphatic hydroxyl groups excluding tert-OH is 3. The molecule has 0 spiro atoms. The number of ether oxygens (including phenoxy) is 2. The van der Waals surface area contributed by atoms with Crippen molar-refractivity contribution in [1.82, 2.24) is 0 Å². The Kier molecular flexibility index (Phi) is 12.7. The van der Waals surface area contributed by atoms with E-state index in [0.717, 1.165) is 12.1 Å². The van der Waals surface area contributed by atoms with Crippen LogP contribution in [-0.2, 0) is 19.1 Å². The van der Waals surface area contributed by atoms with Gasteiger partial charge in [-0.25, -0.2) is 13.6 Å². The Bertz CT molecular complexity index is 1140. The maximum atomic E-state index is 13.8. The highest BCUT2D eigenvalue weighted by molar-refractivity contribution is 5.95. The standard InChI is InChI=1S/C25H30F2N4O9/c1-2-6-13(11-15(32)7-4-3-5-10-29-31-28)23(36)30-14-8-9-17(16(12-14)22(26)27)39-25-20(35)18(33)19(34)21(40-25)24(37)38/h1,8-9,12-13,18-22,25,33-35H,3-7,10-11H2,(H,30,36)(H,37,38)/t13?,18-,19-,20+,21-,25+/m1/s1. The number of aliphatic carboxylic acids is 1. The summed E-state index contributed by atoms with van der Waals surface area (Å²) in [4.78, 5) is 39.0. The number of Topliss-reactive ketones (excluding diaryl/α,β-unsaturated/α-hetero) is 1. The molecule has 5 N–H and O–H groups in total. The number of azide groups is 1. The van der Waals surface area contributed by atoms with E-state index in [1.807, 2.05) is 0 Å². The Morgan fingerprint density at radius 2 is 1.90 bits per heavy atom. The number of hydrogen-bond donors (Lipinski definition) is 5. The van der Waals surface area contributed by atoms with Crippen molar-refractivity contribution in [1.29, 1.82) is 0 Å². The van der Waals surface area contributed by atoms with Crippen molar-refractivity contribution >= 4 is 23.3 Å². The number of anilines is 1. The molecule has 1 unspecified atom stereocenters. The topological polar surface area (TPSA) is 211 Å². The smallest absolute Gasteiger partial charge is 0.335 e. The molecule has 218 valence electrons. The summed E-state index contributed by atoms with van der Waals surface area (Å²) in [6.07, 6.45) is -5.93. The van der Waals surface area contributed by atoms with Crippen molar-refractivity contribution in [2.75, 3.05) is 11.9 Å². The van der Waals surface area contributed by atoms with E-state index in [2.05, 4.69) is 21.3 Å². The molecular weight excluding hydrogens is 538 g/mol. The van der Waals surface area contributed by atoms with Gasteiger partial charge in [0.05, 0.1) is 11.5 Å². The number of carboxylic acids is 1. The number of unbranched alkanes of at least 4 members (excludes halogenated alkanes) is 2. The van der Waals surface area contributed by atoms with Crippen molar-refractivity contribution < 1.29 is 53.1 Å². The molecule has 1 aromatic rings. The molecule has 40 heavy (non-hydrogen) atoms. The molecule has 1 fully saturated rings. The number of rotatable bonds is 15. The average Bonchev–Trinajstić information content (AvgIpc) is 2.91. The number of ketones is 1. The van der Waals surface area contributed by atoms with Crippen molar-refractivity contribution in [3.8, 4) is 18.1 Å². The molecule has 15 heteroatoms. The van der Waals surface area contributed by atoms with Gasteiger partial charge in [0.15, 0.2) is 6.10 Å². The van der Waals surface area contributed by atoms with Crippen LogP contribution in [0.3, 0.4) is 0 Å². The zero-order valence-corrected chi connectivity index (χ0v) is 21.2. The first kappa shape index (κ1) is 32.4. The van der Waals surface area contributed by atoms with Crippen LogP contribution in [0.1, 0.15) is 50.5 Å². The molecule has 2 rings (SSSR count). The third-order valence-corrected chi connectivity index (χ3v) is 6.05. The van der Waals surface area contributed by atoms with Gasteiger partial charge in [0.1, 0.15) is 29.8 Å². The lowest BCUT2D eigenvalue weighted by atomic mass is 9.95. The van der Waals surface area contributed by atoms with Crippen LogP contribution in [0.2, 0.25) is 0 Å². The Morgan fingerprint density at radius 1 is 1.18 bits per heavy atom. The van der Waals surface area contributed by atoms with Crippen LogP contribution in [0.5, 0.6) is 5.75 Å². The predicted octanol–water partition coefficient (Wildman–Crippen LogP) is 2.30. The summed E-state index contributed by atoms with van der Waals surface area (Å²) < 4.78 is 37.9. The van der Waals surface area contributed by atoms with E-state index in [0.29, 0.717) is 25.8 Å². The lowest BCUT2D eigenvalue weighted by Crippen LogP contribution is -2.61. The fourth-order valence-electron chi connectivity index (χ4n) is 3.93. The Balaban J connectivity index is 2.09. The summed E-state index contributed by atoms with van der Waals surface area (Å²) in [6.45, 7) is 0.319. The maximum absolute atomic E-state index is 13.8. The van der Waals surface area contributed by atoms with Crippen LogP contribution < -0.4 is 10.1 Å². The van der Waals surface area contributed by atoms with Crippen molar-refractivity contribution in [3.63, 3.8) is 0 Å². The van der Waals surface area contributed by atoms with E-state index in [-0.39, 0.29) is 30.7 Å². The van der Waals surface area contributed by atoms with Gasteiger partial charge < -0.3 is 35.2 Å². The summed E-state index contributed by atoms with van der Waals surface area (Å²) in [5.74, 6) is -1.70. The quantitative estimate of drug-likeness (QED) is 0.0689. The molecule has 1 aromatic carbocycles. The molecule has 0 radical (unpaired) electrons. The van der Waals surface area contributed by atoms with Gasteiger partial charge in [0.2, 0.25) is 12.2 Å². The number of carbonyl (C=O) groups excluding carboxylic acids is 2. The summed E-state index contributed by atoms with van der Waals surface area (Å²) in [7, 11) is 0. The summed E-state index contributed by atoms with van der Waals surface area (Å²) in [6, 6.07) is 3.08. The minimum Gasteiger partial charge on any atom is -0.479 e. The molecule has 0 aromatic heterocycles. The van der Waals surface area contributed by atoms with Crippen molar-refractivity contribution in [2.45, 2.75) is 75.7 Å². The minimum absolute atomic E-state index is 0.0762. The van der Waals surface area contributed by atoms with Crippen LogP contribution in [0, 0.1) is 18.3 Å². The second kappa shape index (κ2) is 15.7. The molecule has 0 saturated carbocycles. The van der Waals surface area contributed by atoms with Gasteiger partial charge in [0.25, 0.3) is 6.43 Å². The lowest BCUT2D eigenvalue weighted by Gasteiger charge is -2.38. The summed E-state index contributed by atoms with van der Waals surface area (Å²) in [5.41, 5.74) is 7.41. The first-order valence-electron chi connectivity index (χ1n) is 12.3. The number of terminal acetylenes is 1. The molecule has 0 aliphatic carbocycles. The molecule has 13 nitrogen and oxygen atoms in total. The Morgan fingerprint density at radius 3 is 2.52 bits per heavy atom. The van der Waals surface area contributed by atoms with Gasteiger partial charge in [-0.15, -0.1) is 12.3 Å². The van der Waals surface area contributed by atoms with E-state index >= 15 is 0 Å². The molecule has 6 atom stereocenters. The Labute approximate surface area is 227 Å². The molecule has 1 saturated heterocycles. The normalized spacial score (nSPS) is 23.0. The van der Waals surface area contributed by atoms with Gasteiger partial charge in [-0.05, 0) is 36.6 Å². The second-order valence-corrected chi connectivity index (χ2v) is 9.01. The molecule has 1 heterocycles. The first-order valence-corrected chi connectivity index (χ1v) is 12.3. The number of aliphatic hydroxyl groups is 3. The summed E-state index contributed by atoms with van der Waals surface area (Å²) in [5, 5.41) is 44.8. The highest BCUT2D eigenvalue weighted by Gasteiger charge is 2.48. The van der Waals surface area contributed by atoms with Crippen LogP contribution in [-0.4, -0.2) is 75.3 Å². The lowest BCUT2D eigenvalue weighted by molar-refractivity contribution is -0.271. The van der Waals surface area contributed by atoms with Crippen molar-refractivity contribution in [2.24, 2.45) is 11.0 Å². The monoisotopic (exact) mass is 568 g/mol. The van der Waals surface area contributed by atoms with E-state index in [1.165, 1.54) is 6.07 Å². The summed E-state index contributed by atoms with van der Waals surface area (Å²) >= 11 is 0. The molecule has 0 bridgehead atoms. The number of hydrogen-bond acceptors (Lipinski definition) is 9. The van der Waals surface area contributed by atoms with E-state index in [1.54, 1.807) is 0 Å². The van der Waals surface area contributed by atoms with Crippen LogP contribution in [0.4, 0.5) is 14.5 Å². The van der Waals surface area contributed by atoms with Crippen LogP contribution >= 0.6 is 0 Å².